The molecule has 110 valence electrons. The van der Waals surface area contributed by atoms with Crippen LogP contribution in [-0.2, 0) is 4.79 Å². The molecule has 4 heteroatoms. The van der Waals surface area contributed by atoms with E-state index in [0.717, 1.165) is 6.42 Å². The molecule has 1 N–H and O–H groups in total. The topological polar surface area (TPSA) is 29.1 Å². The molecule has 2 rings (SSSR count). The van der Waals surface area contributed by atoms with Crippen molar-refractivity contribution in [3.8, 4) is 0 Å². The zero-order valence-corrected chi connectivity index (χ0v) is 12.9. The van der Waals surface area contributed by atoms with Gasteiger partial charge in [0.2, 0.25) is 5.91 Å². The second kappa shape index (κ2) is 7.11. The van der Waals surface area contributed by atoms with E-state index < -0.39 is 0 Å². The summed E-state index contributed by atoms with van der Waals surface area (Å²) in [5, 5.41) is 3.11. The molecular formula is C16H22FNOS. The third kappa shape index (κ3) is 3.98. The van der Waals surface area contributed by atoms with Crippen LogP contribution in [0, 0.1) is 17.7 Å². The molecule has 1 aromatic rings. The SMILES string of the molecule is C[C@@H]1[C@H](C)CCC[C@@H]1NC(=O)CSc1ccccc1F. The van der Waals surface area contributed by atoms with Crippen molar-refractivity contribution in [2.24, 2.45) is 11.8 Å². The van der Waals surface area contributed by atoms with E-state index in [-0.39, 0.29) is 23.5 Å². The van der Waals surface area contributed by atoms with Gasteiger partial charge in [-0.15, -0.1) is 11.8 Å². The summed E-state index contributed by atoms with van der Waals surface area (Å²) >= 11 is 1.26. The number of benzene rings is 1. The van der Waals surface area contributed by atoms with Gasteiger partial charge >= 0.3 is 0 Å². The minimum atomic E-state index is -0.259. The predicted molar refractivity (Wildman–Crippen MR) is 81.2 cm³/mol. The van der Waals surface area contributed by atoms with Gasteiger partial charge in [-0.2, -0.15) is 0 Å². The van der Waals surface area contributed by atoms with Crippen LogP contribution in [0.2, 0.25) is 0 Å². The van der Waals surface area contributed by atoms with Crippen LogP contribution >= 0.6 is 11.8 Å². The Kier molecular flexibility index (Phi) is 5.46. The van der Waals surface area contributed by atoms with Gasteiger partial charge in [-0.1, -0.05) is 38.8 Å². The van der Waals surface area contributed by atoms with Gasteiger partial charge in [0.1, 0.15) is 5.82 Å². The van der Waals surface area contributed by atoms with Crippen molar-refractivity contribution >= 4 is 17.7 Å². The maximum absolute atomic E-state index is 13.5. The number of carbonyl (C=O) groups excluding carboxylic acids is 1. The molecule has 0 heterocycles. The van der Waals surface area contributed by atoms with Crippen molar-refractivity contribution in [3.63, 3.8) is 0 Å². The second-order valence-corrected chi connectivity index (χ2v) is 6.68. The van der Waals surface area contributed by atoms with Gasteiger partial charge in [0, 0.05) is 10.9 Å². The molecule has 3 atom stereocenters. The molecule has 0 saturated heterocycles. The Labute approximate surface area is 124 Å². The molecule has 0 aromatic heterocycles. The number of hydrogen-bond acceptors (Lipinski definition) is 2. The first kappa shape index (κ1) is 15.4. The average molecular weight is 295 g/mol. The number of amides is 1. The molecule has 0 radical (unpaired) electrons. The second-order valence-electron chi connectivity index (χ2n) is 5.66. The molecule has 1 saturated carbocycles. The molecule has 1 amide bonds. The highest BCUT2D eigenvalue weighted by Crippen LogP contribution is 2.29. The molecule has 1 aromatic carbocycles. The molecule has 0 spiro atoms. The average Bonchev–Trinajstić information content (AvgIpc) is 2.43. The fourth-order valence-corrected chi connectivity index (χ4v) is 3.49. The fraction of sp³-hybridized carbons (Fsp3) is 0.562. The summed E-state index contributed by atoms with van der Waals surface area (Å²) < 4.78 is 13.5. The molecule has 0 bridgehead atoms. The van der Waals surface area contributed by atoms with E-state index in [1.165, 1.54) is 30.7 Å². The number of nitrogens with one attached hydrogen (secondary N) is 1. The lowest BCUT2D eigenvalue weighted by Crippen LogP contribution is -2.44. The summed E-state index contributed by atoms with van der Waals surface area (Å²) in [7, 11) is 0. The first-order valence-electron chi connectivity index (χ1n) is 7.24. The van der Waals surface area contributed by atoms with Crippen LogP contribution in [0.5, 0.6) is 0 Å². The Balaban J connectivity index is 1.82. The van der Waals surface area contributed by atoms with Gasteiger partial charge in [-0.05, 0) is 30.4 Å². The quantitative estimate of drug-likeness (QED) is 0.855. The maximum Gasteiger partial charge on any atom is 0.230 e. The van der Waals surface area contributed by atoms with E-state index in [2.05, 4.69) is 19.2 Å². The molecule has 0 aliphatic heterocycles. The highest BCUT2D eigenvalue weighted by molar-refractivity contribution is 8.00. The van der Waals surface area contributed by atoms with Crippen LogP contribution in [0.3, 0.4) is 0 Å². The van der Waals surface area contributed by atoms with Crippen LogP contribution in [0.1, 0.15) is 33.1 Å². The van der Waals surface area contributed by atoms with Crippen LogP contribution < -0.4 is 5.32 Å². The first-order chi connectivity index (χ1) is 9.58. The van der Waals surface area contributed by atoms with Gasteiger partial charge in [0.25, 0.3) is 0 Å². The van der Waals surface area contributed by atoms with Gasteiger partial charge in [0.15, 0.2) is 0 Å². The van der Waals surface area contributed by atoms with E-state index in [9.17, 15) is 9.18 Å². The Bertz CT molecular complexity index is 466. The van der Waals surface area contributed by atoms with E-state index in [0.29, 0.717) is 16.7 Å². The summed E-state index contributed by atoms with van der Waals surface area (Å²) in [6.07, 6.45) is 3.48. The number of rotatable bonds is 4. The minimum Gasteiger partial charge on any atom is -0.352 e. The van der Waals surface area contributed by atoms with Gasteiger partial charge < -0.3 is 5.32 Å². The summed E-state index contributed by atoms with van der Waals surface area (Å²) in [4.78, 5) is 12.5. The number of thioether (sulfide) groups is 1. The Hall–Kier alpha value is -1.03. The third-order valence-electron chi connectivity index (χ3n) is 4.25. The monoisotopic (exact) mass is 295 g/mol. The van der Waals surface area contributed by atoms with E-state index in [1.807, 2.05) is 0 Å². The summed E-state index contributed by atoms with van der Waals surface area (Å²) in [5.41, 5.74) is 0. The van der Waals surface area contributed by atoms with Crippen molar-refractivity contribution in [2.45, 2.75) is 44.0 Å². The molecular weight excluding hydrogens is 273 g/mol. The predicted octanol–water partition coefficient (Wildman–Crippen LogP) is 3.86. The van der Waals surface area contributed by atoms with Crippen LogP contribution in [0.15, 0.2) is 29.2 Å². The van der Waals surface area contributed by atoms with E-state index >= 15 is 0 Å². The van der Waals surface area contributed by atoms with Crippen molar-refractivity contribution < 1.29 is 9.18 Å². The molecule has 1 aliphatic rings. The van der Waals surface area contributed by atoms with Crippen molar-refractivity contribution in [2.75, 3.05) is 5.75 Å². The van der Waals surface area contributed by atoms with Gasteiger partial charge in [-0.25, -0.2) is 4.39 Å². The summed E-state index contributed by atoms with van der Waals surface area (Å²) in [6, 6.07) is 6.84. The molecule has 2 nitrogen and oxygen atoms in total. The lowest BCUT2D eigenvalue weighted by atomic mass is 9.78. The van der Waals surface area contributed by atoms with E-state index in [4.69, 9.17) is 0 Å². The Morgan fingerprint density at radius 1 is 1.35 bits per heavy atom. The largest absolute Gasteiger partial charge is 0.352 e. The van der Waals surface area contributed by atoms with Crippen LogP contribution in [0.4, 0.5) is 4.39 Å². The highest BCUT2D eigenvalue weighted by Gasteiger charge is 2.27. The van der Waals surface area contributed by atoms with E-state index in [1.54, 1.807) is 18.2 Å². The van der Waals surface area contributed by atoms with Gasteiger partial charge in [0.05, 0.1) is 5.75 Å². The number of carbonyl (C=O) groups is 1. The van der Waals surface area contributed by atoms with Crippen molar-refractivity contribution in [3.05, 3.63) is 30.1 Å². The lowest BCUT2D eigenvalue weighted by molar-refractivity contribution is -0.119. The first-order valence-corrected chi connectivity index (χ1v) is 8.23. The Morgan fingerprint density at radius 3 is 2.85 bits per heavy atom. The zero-order valence-electron chi connectivity index (χ0n) is 12.1. The third-order valence-corrected chi connectivity index (χ3v) is 5.30. The highest BCUT2D eigenvalue weighted by atomic mass is 32.2. The summed E-state index contributed by atoms with van der Waals surface area (Å²) in [6.45, 7) is 4.45. The fourth-order valence-electron chi connectivity index (χ4n) is 2.74. The Morgan fingerprint density at radius 2 is 2.10 bits per heavy atom. The minimum absolute atomic E-state index is 0.00389. The van der Waals surface area contributed by atoms with Gasteiger partial charge in [-0.3, -0.25) is 4.79 Å². The maximum atomic E-state index is 13.5. The molecule has 20 heavy (non-hydrogen) atoms. The van der Waals surface area contributed by atoms with Crippen molar-refractivity contribution in [1.29, 1.82) is 0 Å². The van der Waals surface area contributed by atoms with Crippen molar-refractivity contribution in [1.82, 2.24) is 5.32 Å². The summed E-state index contributed by atoms with van der Waals surface area (Å²) in [5.74, 6) is 1.20. The molecule has 1 aliphatic carbocycles. The number of hydrogen-bond donors (Lipinski definition) is 1. The van der Waals surface area contributed by atoms with Crippen LogP contribution in [-0.4, -0.2) is 17.7 Å². The standard InChI is InChI=1S/C16H22FNOS/c1-11-6-5-8-14(12(11)2)18-16(19)10-20-15-9-4-3-7-13(15)17/h3-4,7,9,11-12,14H,5-6,8,10H2,1-2H3,(H,18,19)/t11-,12-,14+/m1/s1. The number of halogens is 1. The lowest BCUT2D eigenvalue weighted by Gasteiger charge is -2.34. The molecule has 0 unspecified atom stereocenters. The molecule has 1 fully saturated rings. The van der Waals surface area contributed by atoms with Crippen LogP contribution in [0.25, 0.3) is 0 Å². The smallest absolute Gasteiger partial charge is 0.230 e. The normalized spacial score (nSPS) is 26.2. The zero-order chi connectivity index (χ0) is 14.5.